The van der Waals surface area contributed by atoms with Crippen molar-refractivity contribution < 1.29 is 9.59 Å². The van der Waals surface area contributed by atoms with E-state index in [0.29, 0.717) is 25.3 Å². The van der Waals surface area contributed by atoms with Crippen molar-refractivity contribution in [3.63, 3.8) is 0 Å². The van der Waals surface area contributed by atoms with E-state index in [9.17, 15) is 9.59 Å². The maximum atomic E-state index is 13.0. The van der Waals surface area contributed by atoms with Gasteiger partial charge in [-0.3, -0.25) is 14.6 Å². The molecule has 4 heterocycles. The van der Waals surface area contributed by atoms with Gasteiger partial charge in [-0.2, -0.15) is 0 Å². The average molecular weight is 338 g/mol. The normalized spacial score (nSPS) is 23.0. The van der Waals surface area contributed by atoms with Crippen LogP contribution in [0.25, 0.3) is 0 Å². The smallest absolute Gasteiger partial charge is 0.270 e. The Labute approximate surface area is 147 Å². The molecule has 0 aromatic carbocycles. The largest absolute Gasteiger partial charge is 0.347 e. The van der Waals surface area contributed by atoms with Gasteiger partial charge in [0.15, 0.2) is 0 Å². The molecule has 6 heteroatoms. The van der Waals surface area contributed by atoms with Crippen LogP contribution in [0.2, 0.25) is 0 Å². The molecule has 6 nitrogen and oxygen atoms in total. The standard InChI is InChI=1S/C19H22N4O2/c1-21-9-3-5-16(21)17(24)23-11-7-19(14-23)6-10-22(18(19)25)13-15-4-2-8-20-12-15/h2-5,8-9,12H,6-7,10-11,13-14H2,1H3. The topological polar surface area (TPSA) is 58.4 Å². The number of likely N-dealkylation sites (tertiary alicyclic amines) is 2. The number of hydrogen-bond acceptors (Lipinski definition) is 3. The van der Waals surface area contributed by atoms with Crippen LogP contribution in [0.1, 0.15) is 28.9 Å². The molecule has 0 bridgehead atoms. The molecular formula is C19H22N4O2. The van der Waals surface area contributed by atoms with Crippen LogP contribution < -0.4 is 0 Å². The van der Waals surface area contributed by atoms with Gasteiger partial charge >= 0.3 is 0 Å². The highest BCUT2D eigenvalue weighted by atomic mass is 16.2. The van der Waals surface area contributed by atoms with Crippen molar-refractivity contribution in [3.8, 4) is 0 Å². The Morgan fingerprint density at radius 2 is 2.08 bits per heavy atom. The fourth-order valence-corrected chi connectivity index (χ4v) is 4.03. The zero-order chi connectivity index (χ0) is 17.4. The molecule has 25 heavy (non-hydrogen) atoms. The molecule has 130 valence electrons. The maximum absolute atomic E-state index is 13.0. The summed E-state index contributed by atoms with van der Waals surface area (Å²) >= 11 is 0. The van der Waals surface area contributed by atoms with Gasteiger partial charge in [-0.15, -0.1) is 0 Å². The molecule has 1 unspecified atom stereocenters. The molecular weight excluding hydrogens is 316 g/mol. The summed E-state index contributed by atoms with van der Waals surface area (Å²) in [7, 11) is 1.87. The molecule has 2 aliphatic rings. The van der Waals surface area contributed by atoms with E-state index >= 15 is 0 Å². The van der Waals surface area contributed by atoms with E-state index in [1.165, 1.54) is 0 Å². The summed E-state index contributed by atoms with van der Waals surface area (Å²) in [5.74, 6) is 0.196. The first-order valence-electron chi connectivity index (χ1n) is 8.68. The Morgan fingerprint density at radius 3 is 2.80 bits per heavy atom. The molecule has 2 saturated heterocycles. The number of nitrogens with zero attached hydrogens (tertiary/aromatic N) is 4. The van der Waals surface area contributed by atoms with Gasteiger partial charge in [0, 0.05) is 51.8 Å². The Hall–Kier alpha value is -2.63. The lowest BCUT2D eigenvalue weighted by Crippen LogP contribution is -2.38. The highest BCUT2D eigenvalue weighted by Crippen LogP contribution is 2.41. The van der Waals surface area contributed by atoms with Crippen LogP contribution in [0.3, 0.4) is 0 Å². The molecule has 2 aromatic rings. The van der Waals surface area contributed by atoms with Crippen LogP contribution in [0.5, 0.6) is 0 Å². The Bertz CT molecular complexity index is 801. The number of pyridine rings is 1. The zero-order valence-corrected chi connectivity index (χ0v) is 14.4. The Kier molecular flexibility index (Phi) is 3.82. The number of rotatable bonds is 3. The van der Waals surface area contributed by atoms with Gasteiger partial charge in [-0.1, -0.05) is 6.07 Å². The summed E-state index contributed by atoms with van der Waals surface area (Å²) in [6.45, 7) is 2.52. The minimum Gasteiger partial charge on any atom is -0.347 e. The summed E-state index contributed by atoms with van der Waals surface area (Å²) in [6.07, 6.45) is 6.99. The third kappa shape index (κ3) is 2.71. The molecule has 1 spiro atoms. The predicted octanol–water partition coefficient (Wildman–Crippen LogP) is 1.68. The van der Waals surface area contributed by atoms with Gasteiger partial charge in [0.1, 0.15) is 5.69 Å². The summed E-state index contributed by atoms with van der Waals surface area (Å²) < 4.78 is 1.83. The molecule has 4 rings (SSSR count). The average Bonchev–Trinajstić information content (AvgIpc) is 3.32. The molecule has 2 aromatic heterocycles. The summed E-state index contributed by atoms with van der Waals surface area (Å²) in [5, 5.41) is 0. The second-order valence-electron chi connectivity index (χ2n) is 7.10. The van der Waals surface area contributed by atoms with Crippen molar-refractivity contribution in [1.82, 2.24) is 19.4 Å². The second kappa shape index (κ2) is 6.02. The lowest BCUT2D eigenvalue weighted by Gasteiger charge is -2.24. The maximum Gasteiger partial charge on any atom is 0.270 e. The fourth-order valence-electron chi connectivity index (χ4n) is 4.03. The van der Waals surface area contributed by atoms with Crippen molar-refractivity contribution in [3.05, 3.63) is 54.1 Å². The van der Waals surface area contributed by atoms with Gasteiger partial charge < -0.3 is 14.4 Å². The van der Waals surface area contributed by atoms with Crippen LogP contribution in [-0.2, 0) is 18.4 Å². The lowest BCUT2D eigenvalue weighted by atomic mass is 9.85. The number of carbonyl (C=O) groups excluding carboxylic acids is 2. The molecule has 0 N–H and O–H groups in total. The first kappa shape index (κ1) is 15.9. The Morgan fingerprint density at radius 1 is 1.24 bits per heavy atom. The number of carbonyl (C=O) groups is 2. The van der Waals surface area contributed by atoms with Crippen LogP contribution in [0.15, 0.2) is 42.9 Å². The number of aromatic nitrogens is 2. The first-order valence-corrected chi connectivity index (χ1v) is 8.68. The molecule has 1 atom stereocenters. The molecule has 2 aliphatic heterocycles. The molecule has 2 fully saturated rings. The molecule has 0 saturated carbocycles. The van der Waals surface area contributed by atoms with Crippen molar-refractivity contribution in [1.29, 1.82) is 0 Å². The van der Waals surface area contributed by atoms with Crippen LogP contribution in [0.4, 0.5) is 0 Å². The van der Waals surface area contributed by atoms with Crippen LogP contribution in [0, 0.1) is 5.41 Å². The van der Waals surface area contributed by atoms with E-state index in [-0.39, 0.29) is 11.8 Å². The fraction of sp³-hybridized carbons (Fsp3) is 0.421. The second-order valence-corrected chi connectivity index (χ2v) is 7.10. The van der Waals surface area contributed by atoms with E-state index in [4.69, 9.17) is 0 Å². The minimum absolute atomic E-state index is 0.0166. The van der Waals surface area contributed by atoms with Crippen molar-refractivity contribution in [2.45, 2.75) is 19.4 Å². The highest BCUT2D eigenvalue weighted by Gasteiger charge is 2.51. The molecule has 0 radical (unpaired) electrons. The Balaban J connectivity index is 1.46. The number of amides is 2. The third-order valence-electron chi connectivity index (χ3n) is 5.50. The van der Waals surface area contributed by atoms with Gasteiger partial charge in [0.2, 0.25) is 5.91 Å². The van der Waals surface area contributed by atoms with Gasteiger partial charge in [0.25, 0.3) is 5.91 Å². The van der Waals surface area contributed by atoms with Gasteiger partial charge in [-0.25, -0.2) is 0 Å². The van der Waals surface area contributed by atoms with Crippen LogP contribution in [-0.4, -0.2) is 50.8 Å². The van der Waals surface area contributed by atoms with E-state index < -0.39 is 5.41 Å². The van der Waals surface area contributed by atoms with E-state index in [2.05, 4.69) is 4.98 Å². The molecule has 0 aliphatic carbocycles. The number of aryl methyl sites for hydroxylation is 1. The first-order chi connectivity index (χ1) is 12.1. The molecule has 2 amide bonds. The summed E-state index contributed by atoms with van der Waals surface area (Å²) in [6, 6.07) is 7.58. The van der Waals surface area contributed by atoms with Crippen LogP contribution >= 0.6 is 0 Å². The summed E-state index contributed by atoms with van der Waals surface area (Å²) in [5.41, 5.74) is 1.32. The van der Waals surface area contributed by atoms with E-state index in [1.807, 2.05) is 51.9 Å². The number of hydrogen-bond donors (Lipinski definition) is 0. The van der Waals surface area contributed by atoms with Crippen molar-refractivity contribution >= 4 is 11.8 Å². The minimum atomic E-state index is -0.400. The highest BCUT2D eigenvalue weighted by molar-refractivity contribution is 5.94. The van der Waals surface area contributed by atoms with E-state index in [1.54, 1.807) is 12.4 Å². The lowest BCUT2D eigenvalue weighted by molar-refractivity contribution is -0.135. The SMILES string of the molecule is Cn1cccc1C(=O)N1CCC2(CCN(Cc3cccnc3)C2=O)C1. The zero-order valence-electron chi connectivity index (χ0n) is 14.4. The van der Waals surface area contributed by atoms with Gasteiger partial charge in [0.05, 0.1) is 5.41 Å². The van der Waals surface area contributed by atoms with Crippen molar-refractivity contribution in [2.24, 2.45) is 12.5 Å². The summed E-state index contributed by atoms with van der Waals surface area (Å²) in [4.78, 5) is 33.6. The van der Waals surface area contributed by atoms with Gasteiger partial charge in [-0.05, 0) is 36.6 Å². The third-order valence-corrected chi connectivity index (χ3v) is 5.50. The van der Waals surface area contributed by atoms with E-state index in [0.717, 1.165) is 24.9 Å². The quantitative estimate of drug-likeness (QED) is 0.856. The van der Waals surface area contributed by atoms with Crippen molar-refractivity contribution in [2.75, 3.05) is 19.6 Å². The predicted molar refractivity (Wildman–Crippen MR) is 92.6 cm³/mol. The monoisotopic (exact) mass is 338 g/mol.